The van der Waals surface area contributed by atoms with Crippen molar-refractivity contribution < 1.29 is 22.2 Å². The van der Waals surface area contributed by atoms with Crippen LogP contribution in [0.15, 0.2) is 186 Å². The highest BCUT2D eigenvalue weighted by Crippen LogP contribution is 2.42. The molecule has 0 aliphatic heterocycles. The first-order valence-corrected chi connectivity index (χ1v) is 16.2. The Hall–Kier alpha value is -6.44. The summed E-state index contributed by atoms with van der Waals surface area (Å²) in [5.41, 5.74) is 5.53. The van der Waals surface area contributed by atoms with Crippen molar-refractivity contribution in [3.8, 4) is 33.4 Å². The largest absolute Gasteiger partial charge is 0.455 e. The van der Waals surface area contributed by atoms with E-state index in [1.807, 2.05) is 54.6 Å². The predicted molar refractivity (Wildman–Crippen MR) is 212 cm³/mol. The molecule has 1 heterocycles. The molecule has 1 aromatic heterocycles. The van der Waals surface area contributed by atoms with Crippen LogP contribution in [0.25, 0.3) is 87.6 Å². The molecule has 9 aromatic carbocycles. The quantitative estimate of drug-likeness (QED) is 0.169. The number of fused-ring (bicyclic) bond motifs is 6. The van der Waals surface area contributed by atoms with Gasteiger partial charge in [-0.1, -0.05) is 170 Å². The Morgan fingerprint density at radius 2 is 1.04 bits per heavy atom. The van der Waals surface area contributed by atoms with E-state index >= 15 is 0 Å². The molecular formula is C49H32O. The molecule has 10 rings (SSSR count). The van der Waals surface area contributed by atoms with Crippen molar-refractivity contribution in [1.29, 1.82) is 0 Å². The summed E-state index contributed by atoms with van der Waals surface area (Å²) >= 11 is 0. The van der Waals surface area contributed by atoms with Crippen molar-refractivity contribution in [3.63, 3.8) is 0 Å². The Morgan fingerprint density at radius 1 is 0.440 bits per heavy atom. The third-order valence-electron chi connectivity index (χ3n) is 9.47. The number of benzene rings is 9. The number of furan rings is 1. The zero-order valence-electron chi connectivity index (χ0n) is 39.4. The molecule has 0 N–H and O–H groups in total. The van der Waals surface area contributed by atoms with Crippen LogP contribution in [0.5, 0.6) is 0 Å². The molecule has 50 heavy (non-hydrogen) atoms. The minimum atomic E-state index is -0.616. The summed E-state index contributed by atoms with van der Waals surface area (Å²) in [6.07, 6.45) is -0.485. The number of rotatable bonds is 5. The molecular weight excluding hydrogens is 605 g/mol. The molecule has 0 amide bonds. The van der Waals surface area contributed by atoms with Crippen LogP contribution < -0.4 is 0 Å². The van der Waals surface area contributed by atoms with E-state index in [4.69, 9.17) is 16.8 Å². The molecule has 1 nitrogen and oxygen atoms in total. The maximum atomic E-state index is 9.23. The van der Waals surface area contributed by atoms with Crippen LogP contribution in [0.4, 0.5) is 0 Å². The van der Waals surface area contributed by atoms with Crippen LogP contribution in [-0.2, 0) is 6.42 Å². The van der Waals surface area contributed by atoms with E-state index in [9.17, 15) is 5.48 Å². The van der Waals surface area contributed by atoms with Crippen molar-refractivity contribution in [2.75, 3.05) is 0 Å². The van der Waals surface area contributed by atoms with Crippen LogP contribution in [0, 0.1) is 0 Å². The molecule has 0 saturated carbocycles. The lowest BCUT2D eigenvalue weighted by Crippen LogP contribution is -1.95. The summed E-state index contributed by atoms with van der Waals surface area (Å²) in [7, 11) is 0. The number of hydrogen-bond donors (Lipinski definition) is 0. The summed E-state index contributed by atoms with van der Waals surface area (Å²) in [6.45, 7) is 0. The van der Waals surface area contributed by atoms with Crippen LogP contribution in [0.2, 0.25) is 0 Å². The number of para-hydroxylation sites is 1. The van der Waals surface area contributed by atoms with E-state index < -0.39 is 85.0 Å². The second-order valence-corrected chi connectivity index (χ2v) is 12.2. The standard InChI is InChI=1S/C49H32O/c1-2-12-32(13-3-1)30-45-39-17-6-8-19-41(39)48(42-20-9-7-18-40(42)45)35-26-24-33(25-27-35)36-28-29-47-46(31-36)44-23-11-22-43(49(44)50-47)38-21-10-15-34-14-4-5-16-37(34)38/h1-29,31H,30H2/i1D,2D,3D,6D,7D,8D,9D,12D,13D,17D,18D,19D,20D. The van der Waals surface area contributed by atoms with E-state index in [1.165, 1.54) is 0 Å². The van der Waals surface area contributed by atoms with Gasteiger partial charge in [0.05, 0.1) is 17.8 Å². The molecule has 10 aromatic rings. The fraction of sp³-hybridized carbons (Fsp3) is 0.0204. The van der Waals surface area contributed by atoms with E-state index in [2.05, 4.69) is 36.4 Å². The van der Waals surface area contributed by atoms with Gasteiger partial charge in [0.15, 0.2) is 0 Å². The SMILES string of the molecule is [2H]c1c([2H])c([2H])c(Cc2c3c([2H])c([2H])c([2H])c([2H])c3c(-c3ccc(-c4ccc5oc6c(-c7cccc8ccccc78)cccc6c5c4)cc3)c3c([2H])c([2H])c([2H])c([2H])c23)c([2H])c1[2H]. The molecule has 0 unspecified atom stereocenters. The van der Waals surface area contributed by atoms with Crippen molar-refractivity contribution in [2.24, 2.45) is 0 Å². The first-order valence-electron chi connectivity index (χ1n) is 22.7. The monoisotopic (exact) mass is 649 g/mol. The van der Waals surface area contributed by atoms with Gasteiger partial charge in [-0.15, -0.1) is 0 Å². The second-order valence-electron chi connectivity index (χ2n) is 12.2. The number of hydrogen-bond acceptors (Lipinski definition) is 1. The van der Waals surface area contributed by atoms with Gasteiger partial charge in [-0.25, -0.2) is 0 Å². The van der Waals surface area contributed by atoms with Gasteiger partial charge in [0.1, 0.15) is 11.2 Å². The van der Waals surface area contributed by atoms with Crippen LogP contribution in [0.3, 0.4) is 0 Å². The minimum Gasteiger partial charge on any atom is -0.455 e. The van der Waals surface area contributed by atoms with Gasteiger partial charge in [-0.3, -0.25) is 0 Å². The summed E-state index contributed by atoms with van der Waals surface area (Å²) in [4.78, 5) is 0. The van der Waals surface area contributed by atoms with E-state index in [0.29, 0.717) is 11.1 Å². The van der Waals surface area contributed by atoms with Gasteiger partial charge in [-0.2, -0.15) is 0 Å². The van der Waals surface area contributed by atoms with Crippen molar-refractivity contribution in [2.45, 2.75) is 6.42 Å². The van der Waals surface area contributed by atoms with E-state index in [1.54, 1.807) is 12.1 Å². The fourth-order valence-electron chi connectivity index (χ4n) is 7.19. The smallest absolute Gasteiger partial charge is 0.143 e. The summed E-state index contributed by atoms with van der Waals surface area (Å²) in [5.74, 6) is 0. The molecule has 0 aliphatic rings. The molecule has 0 bridgehead atoms. The lowest BCUT2D eigenvalue weighted by Gasteiger charge is -2.18. The van der Waals surface area contributed by atoms with Crippen LogP contribution >= 0.6 is 0 Å². The van der Waals surface area contributed by atoms with E-state index in [-0.39, 0.29) is 38.2 Å². The van der Waals surface area contributed by atoms with Gasteiger partial charge >= 0.3 is 0 Å². The Kier molecular flexibility index (Phi) is 4.26. The van der Waals surface area contributed by atoms with Crippen molar-refractivity contribution in [3.05, 3.63) is 193 Å². The molecule has 0 saturated heterocycles. The Bertz CT molecular complexity index is 3520. The van der Waals surface area contributed by atoms with Crippen LogP contribution in [0.1, 0.15) is 28.9 Å². The van der Waals surface area contributed by atoms with Gasteiger partial charge in [0, 0.05) is 16.3 Å². The fourth-order valence-corrected chi connectivity index (χ4v) is 7.19. The minimum absolute atomic E-state index is 0.0119. The highest BCUT2D eigenvalue weighted by atomic mass is 16.3. The molecule has 0 aliphatic carbocycles. The molecule has 234 valence electrons. The van der Waals surface area contributed by atoms with E-state index in [0.717, 1.165) is 49.4 Å². The average molecular weight is 650 g/mol. The maximum absolute atomic E-state index is 9.23. The third kappa shape index (κ3) is 4.63. The first-order chi connectivity index (χ1) is 30.2. The Labute approximate surface area is 308 Å². The highest BCUT2D eigenvalue weighted by molar-refractivity contribution is 6.16. The van der Waals surface area contributed by atoms with Gasteiger partial charge in [0.25, 0.3) is 0 Å². The lowest BCUT2D eigenvalue weighted by atomic mass is 9.86. The first kappa shape index (κ1) is 18.4. The summed E-state index contributed by atoms with van der Waals surface area (Å²) in [6, 6.07) is 26.5. The van der Waals surface area contributed by atoms with Gasteiger partial charge in [0.2, 0.25) is 0 Å². The zero-order chi connectivity index (χ0) is 44.3. The average Bonchev–Trinajstić information content (AvgIpc) is 3.69. The third-order valence-corrected chi connectivity index (χ3v) is 9.47. The summed E-state index contributed by atoms with van der Waals surface area (Å²) < 4.78 is 120. The van der Waals surface area contributed by atoms with Crippen LogP contribution in [-0.4, -0.2) is 0 Å². The second kappa shape index (κ2) is 11.6. The Balaban J connectivity index is 1.18. The Morgan fingerprint density at radius 3 is 1.82 bits per heavy atom. The lowest BCUT2D eigenvalue weighted by molar-refractivity contribution is 0.670. The summed E-state index contributed by atoms with van der Waals surface area (Å²) in [5, 5.41) is 3.88. The zero-order valence-corrected chi connectivity index (χ0v) is 26.4. The molecule has 1 heteroatoms. The molecule has 0 atom stereocenters. The highest BCUT2D eigenvalue weighted by Gasteiger charge is 2.17. The predicted octanol–water partition coefficient (Wildman–Crippen LogP) is 13.6. The topological polar surface area (TPSA) is 13.1 Å². The van der Waals surface area contributed by atoms with Crippen molar-refractivity contribution >= 4 is 54.3 Å². The normalized spacial score (nSPS) is 15.3. The van der Waals surface area contributed by atoms with Gasteiger partial charge in [-0.05, 0) is 89.8 Å². The molecule has 0 fully saturated rings. The molecule has 0 spiro atoms. The molecule has 0 radical (unpaired) electrons. The van der Waals surface area contributed by atoms with Gasteiger partial charge < -0.3 is 4.42 Å². The van der Waals surface area contributed by atoms with Crippen molar-refractivity contribution in [1.82, 2.24) is 0 Å². The maximum Gasteiger partial charge on any atom is 0.143 e.